The molecule has 0 amide bonds. The molecule has 114 valence electrons. The predicted molar refractivity (Wildman–Crippen MR) is 91.2 cm³/mol. The first-order valence-electron chi connectivity index (χ1n) is 9.93. The Morgan fingerprint density at radius 2 is 1.85 bits per heavy atom. The average Bonchev–Trinajstić information content (AvgIpc) is 2.35. The average molecular weight is 322 g/mol. The number of halogens is 2. The van der Waals surface area contributed by atoms with Crippen LogP contribution in [0, 0.1) is 5.92 Å². The van der Waals surface area contributed by atoms with Gasteiger partial charge in [0.25, 0.3) is 0 Å². The third-order valence-corrected chi connectivity index (χ3v) is 4.56. The third kappa shape index (κ3) is 3.50. The lowest BCUT2D eigenvalue weighted by atomic mass is 9.58. The Hall–Kier alpha value is -0.240. The van der Waals surface area contributed by atoms with Gasteiger partial charge in [-0.15, -0.1) is 12.4 Å². The van der Waals surface area contributed by atoms with Crippen molar-refractivity contribution in [1.29, 1.82) is 0 Å². The Morgan fingerprint density at radius 1 is 1.25 bits per heavy atom. The maximum atomic E-state index is 7.87. The summed E-state index contributed by atoms with van der Waals surface area (Å²) in [6, 6.07) is 6.82. The molecule has 1 aliphatic rings. The zero-order chi connectivity index (χ0) is 19.0. The highest BCUT2D eigenvalue weighted by Gasteiger charge is 2.46. The van der Waals surface area contributed by atoms with Crippen LogP contribution in [0.3, 0.4) is 0 Å². The van der Waals surface area contributed by atoms with Crippen LogP contribution in [-0.4, -0.2) is 24.9 Å². The molecule has 1 aromatic carbocycles. The summed E-state index contributed by atoms with van der Waals surface area (Å²) in [6.07, 6.45) is 3.05. The molecule has 0 saturated heterocycles. The predicted octanol–water partition coefficient (Wildman–Crippen LogP) is 5.16. The van der Waals surface area contributed by atoms with Crippen LogP contribution in [-0.2, 0) is 5.41 Å². The lowest BCUT2D eigenvalue weighted by Gasteiger charge is -2.51. The van der Waals surface area contributed by atoms with Crippen LogP contribution in [0.2, 0.25) is 5.02 Å². The van der Waals surface area contributed by atoms with Crippen molar-refractivity contribution in [3.05, 3.63) is 34.9 Å². The molecule has 0 aromatic heterocycles. The van der Waals surface area contributed by atoms with Gasteiger partial charge in [0.1, 0.15) is 0 Å². The molecule has 1 saturated carbocycles. The summed E-state index contributed by atoms with van der Waals surface area (Å²) in [6.45, 7) is -1.36. The Bertz CT molecular complexity index is 564. The second kappa shape index (κ2) is 7.15. The fourth-order valence-corrected chi connectivity index (χ4v) is 3.30. The topological polar surface area (TPSA) is 3.24 Å². The van der Waals surface area contributed by atoms with Gasteiger partial charge in [-0.3, -0.25) is 0 Å². The zero-order valence-corrected chi connectivity index (χ0v) is 13.6. The molecule has 1 fully saturated rings. The molecule has 1 nitrogen and oxygen atoms in total. The molecule has 3 heteroatoms. The fourth-order valence-electron chi connectivity index (χ4n) is 3.18. The highest BCUT2D eigenvalue weighted by molar-refractivity contribution is 6.30. The van der Waals surface area contributed by atoms with Gasteiger partial charge in [0.05, 0.1) is 0 Å². The molecular weight excluding hydrogens is 289 g/mol. The van der Waals surface area contributed by atoms with Gasteiger partial charge >= 0.3 is 0 Å². The third-order valence-electron chi connectivity index (χ3n) is 4.31. The van der Waals surface area contributed by atoms with E-state index < -0.39 is 25.4 Å². The van der Waals surface area contributed by atoms with Gasteiger partial charge in [-0.05, 0) is 56.8 Å². The Labute approximate surface area is 143 Å². The van der Waals surface area contributed by atoms with Gasteiger partial charge in [-0.2, -0.15) is 0 Å². The molecule has 0 aliphatic heterocycles. The van der Waals surface area contributed by atoms with E-state index in [2.05, 4.69) is 0 Å². The highest BCUT2D eigenvalue weighted by atomic mass is 35.5. The quantitative estimate of drug-likeness (QED) is 0.724. The maximum absolute atomic E-state index is 7.87. The summed E-state index contributed by atoms with van der Waals surface area (Å²) >= 11 is 6.00. The summed E-state index contributed by atoms with van der Waals surface area (Å²) in [4.78, 5) is 0.799. The number of likely N-dealkylation sites (N-methyl/N-ethyl adjacent to an activating group) is 1. The molecule has 1 unspecified atom stereocenters. The van der Waals surface area contributed by atoms with Crippen LogP contribution >= 0.6 is 24.0 Å². The minimum Gasteiger partial charge on any atom is -0.306 e. The van der Waals surface area contributed by atoms with Crippen LogP contribution < -0.4 is 0 Å². The van der Waals surface area contributed by atoms with Crippen LogP contribution in [0.15, 0.2) is 24.3 Å². The fraction of sp³-hybridized carbons (Fsp3) is 0.647. The van der Waals surface area contributed by atoms with E-state index in [1.807, 2.05) is 26.0 Å². The van der Waals surface area contributed by atoms with Crippen LogP contribution in [0.1, 0.15) is 53.3 Å². The molecule has 1 atom stereocenters. The largest absolute Gasteiger partial charge is 0.306 e. The number of hydrogen-bond donors (Lipinski definition) is 0. The second-order valence-electron chi connectivity index (χ2n) is 6.03. The van der Waals surface area contributed by atoms with E-state index in [4.69, 9.17) is 19.8 Å². The number of hydrogen-bond acceptors (Lipinski definition) is 1. The number of nitrogens with zero attached hydrogens (tertiary/aromatic N) is 1. The second-order valence-corrected chi connectivity index (χ2v) is 6.47. The van der Waals surface area contributed by atoms with Crippen LogP contribution in [0.5, 0.6) is 0 Å². The van der Waals surface area contributed by atoms with Gasteiger partial charge in [0.2, 0.25) is 0 Å². The molecule has 0 heterocycles. The smallest absolute Gasteiger partial charge is 0.0406 e. The Morgan fingerprint density at radius 3 is 2.25 bits per heavy atom. The van der Waals surface area contributed by atoms with E-state index in [9.17, 15) is 0 Å². The standard InChI is InChI=1S/C17H26ClN.ClH/c1-13(2)12-16(19(3)4)17(10-5-11-17)14-6-8-15(18)9-7-14;/h6-9,13,16H,5,10-12H2,1-4H3;1H/i3D3,4D3;. The van der Waals surface area contributed by atoms with E-state index in [1.165, 1.54) is 0 Å². The van der Waals surface area contributed by atoms with Crippen molar-refractivity contribution in [3.63, 3.8) is 0 Å². The summed E-state index contributed by atoms with van der Waals surface area (Å²) in [5.41, 5.74) is 0.518. The molecule has 0 N–H and O–H groups in total. The summed E-state index contributed by atoms with van der Waals surface area (Å²) < 4.78 is 47.2. The van der Waals surface area contributed by atoms with Gasteiger partial charge in [-0.25, -0.2) is 0 Å². The minimum atomic E-state index is -2.68. The van der Waals surface area contributed by atoms with Crippen LogP contribution in [0.4, 0.5) is 0 Å². The van der Waals surface area contributed by atoms with E-state index in [0.29, 0.717) is 11.4 Å². The Kier molecular flexibility index (Phi) is 3.75. The number of benzene rings is 1. The molecule has 2 rings (SSSR count). The van der Waals surface area contributed by atoms with E-state index in [-0.39, 0.29) is 18.3 Å². The van der Waals surface area contributed by atoms with Crippen molar-refractivity contribution in [3.8, 4) is 0 Å². The summed E-state index contributed by atoms with van der Waals surface area (Å²) in [5, 5.41) is 0.613. The van der Waals surface area contributed by atoms with Gasteiger partial charge < -0.3 is 4.90 Å². The van der Waals surface area contributed by atoms with Crippen molar-refractivity contribution in [1.82, 2.24) is 4.90 Å². The highest BCUT2D eigenvalue weighted by Crippen LogP contribution is 2.49. The van der Waals surface area contributed by atoms with E-state index in [0.717, 1.165) is 29.7 Å². The van der Waals surface area contributed by atoms with Gasteiger partial charge in [-0.1, -0.05) is 44.0 Å². The molecule has 0 bridgehead atoms. The lowest BCUT2D eigenvalue weighted by molar-refractivity contribution is 0.0808. The monoisotopic (exact) mass is 321 g/mol. The minimum absolute atomic E-state index is 0. The maximum Gasteiger partial charge on any atom is 0.0406 e. The lowest BCUT2D eigenvalue weighted by Crippen LogP contribution is -2.52. The first-order chi connectivity index (χ1) is 11.4. The van der Waals surface area contributed by atoms with Crippen molar-refractivity contribution < 1.29 is 8.22 Å². The molecule has 1 aliphatic carbocycles. The molecule has 0 radical (unpaired) electrons. The van der Waals surface area contributed by atoms with Crippen molar-refractivity contribution in [2.75, 3.05) is 14.0 Å². The van der Waals surface area contributed by atoms with E-state index in [1.54, 1.807) is 12.1 Å². The molecular formula is C17H27Cl2N. The van der Waals surface area contributed by atoms with Crippen molar-refractivity contribution in [2.45, 2.75) is 51.0 Å². The van der Waals surface area contributed by atoms with Crippen molar-refractivity contribution >= 4 is 24.0 Å². The van der Waals surface area contributed by atoms with Gasteiger partial charge in [0, 0.05) is 24.7 Å². The molecule has 1 aromatic rings. The SMILES string of the molecule is Cl.[2H]C([2H])([2H])N(C(CC(C)C)C1(c2ccc(Cl)cc2)CCC1)C([2H])([2H])[2H]. The zero-order valence-electron chi connectivity index (χ0n) is 18.0. The molecule has 0 spiro atoms. The normalized spacial score (nSPS) is 24.2. The first kappa shape index (κ1) is 10.5. The van der Waals surface area contributed by atoms with Gasteiger partial charge in [0.15, 0.2) is 0 Å². The van der Waals surface area contributed by atoms with Crippen LogP contribution in [0.25, 0.3) is 0 Å². The first-order valence-corrected chi connectivity index (χ1v) is 7.31. The summed E-state index contributed by atoms with van der Waals surface area (Å²) in [7, 11) is 0. The number of rotatable bonds is 5. The van der Waals surface area contributed by atoms with Crippen molar-refractivity contribution in [2.24, 2.45) is 5.92 Å². The Balaban J connectivity index is 0.00000338. The molecule has 20 heavy (non-hydrogen) atoms. The summed E-state index contributed by atoms with van der Waals surface area (Å²) in [5.74, 6) is 0.182. The van der Waals surface area contributed by atoms with E-state index >= 15 is 0 Å².